The molecule has 4 N–H and O–H groups in total. The lowest BCUT2D eigenvalue weighted by Gasteiger charge is -2.41. The van der Waals surface area contributed by atoms with Crippen LogP contribution in [0.4, 0.5) is 11.4 Å². The van der Waals surface area contributed by atoms with Crippen LogP contribution in [0.2, 0.25) is 0 Å². The zero-order valence-electron chi connectivity index (χ0n) is 11.9. The van der Waals surface area contributed by atoms with Crippen LogP contribution in [0.3, 0.4) is 0 Å². The van der Waals surface area contributed by atoms with Gasteiger partial charge in [0.15, 0.2) is 0 Å². The maximum absolute atomic E-state index is 11.6. The predicted octanol–water partition coefficient (Wildman–Crippen LogP) is 2.53. The number of hydrogen-bond acceptors (Lipinski definition) is 3. The summed E-state index contributed by atoms with van der Waals surface area (Å²) >= 11 is 0. The van der Waals surface area contributed by atoms with Crippen molar-refractivity contribution in [2.24, 2.45) is 11.1 Å². The Morgan fingerprint density at radius 1 is 1.10 bits per heavy atom. The summed E-state index contributed by atoms with van der Waals surface area (Å²) in [6, 6.07) is 5.41. The number of nitrogen functional groups attached to an aromatic ring is 1. The molecule has 1 aliphatic carbocycles. The highest BCUT2D eigenvalue weighted by molar-refractivity contribution is 6.01. The molecule has 1 saturated heterocycles. The Bertz CT molecular complexity index is 510. The van der Waals surface area contributed by atoms with Gasteiger partial charge >= 0.3 is 0 Å². The molecule has 0 radical (unpaired) electrons. The molecule has 1 aromatic rings. The van der Waals surface area contributed by atoms with Gasteiger partial charge in [-0.1, -0.05) is 18.9 Å². The van der Waals surface area contributed by atoms with Crippen LogP contribution < -0.4 is 16.4 Å². The number of primary amides is 1. The summed E-state index contributed by atoms with van der Waals surface area (Å²) < 4.78 is 0. The highest BCUT2D eigenvalue weighted by Crippen LogP contribution is 2.47. The number of carbonyl (C=O) groups excluding carboxylic acids is 1. The molecule has 2 aliphatic rings. The van der Waals surface area contributed by atoms with Gasteiger partial charge in [0, 0.05) is 13.1 Å². The monoisotopic (exact) mass is 273 g/mol. The highest BCUT2D eigenvalue weighted by atomic mass is 16.1. The van der Waals surface area contributed by atoms with E-state index in [-0.39, 0.29) is 0 Å². The summed E-state index contributed by atoms with van der Waals surface area (Å²) in [6.45, 7) is 1.96. The molecular weight excluding hydrogens is 250 g/mol. The number of nitrogens with two attached hydrogens (primary N) is 2. The van der Waals surface area contributed by atoms with Crippen LogP contribution in [-0.2, 0) is 0 Å². The standard InChI is InChI=1S/C16H23N3O/c17-13-5-3-4-12(15(18)20)14(13)19-10-8-16(9-11-19)6-1-2-7-16/h3-5H,1-2,6-11,17H2,(H2,18,20). The van der Waals surface area contributed by atoms with E-state index in [0.717, 1.165) is 18.8 Å². The molecule has 1 spiro atoms. The van der Waals surface area contributed by atoms with Crippen molar-refractivity contribution in [3.8, 4) is 0 Å². The van der Waals surface area contributed by atoms with E-state index in [1.807, 2.05) is 6.07 Å². The molecule has 0 bridgehead atoms. The summed E-state index contributed by atoms with van der Waals surface area (Å²) in [6.07, 6.45) is 7.90. The average molecular weight is 273 g/mol. The van der Waals surface area contributed by atoms with Crippen LogP contribution in [-0.4, -0.2) is 19.0 Å². The summed E-state index contributed by atoms with van der Waals surface area (Å²) in [5, 5.41) is 0. The second-order valence-electron chi connectivity index (χ2n) is 6.30. The first-order valence-electron chi connectivity index (χ1n) is 7.55. The molecule has 4 nitrogen and oxygen atoms in total. The molecule has 20 heavy (non-hydrogen) atoms. The Kier molecular flexibility index (Phi) is 3.32. The van der Waals surface area contributed by atoms with Gasteiger partial charge in [0.05, 0.1) is 16.9 Å². The van der Waals surface area contributed by atoms with Crippen LogP contribution in [0, 0.1) is 5.41 Å². The Morgan fingerprint density at radius 2 is 1.75 bits per heavy atom. The van der Waals surface area contributed by atoms with Gasteiger partial charge in [0.2, 0.25) is 0 Å². The second-order valence-corrected chi connectivity index (χ2v) is 6.30. The molecular formula is C16H23N3O. The predicted molar refractivity (Wildman–Crippen MR) is 81.7 cm³/mol. The molecule has 1 heterocycles. The number of piperidine rings is 1. The Hall–Kier alpha value is -1.71. The van der Waals surface area contributed by atoms with E-state index in [9.17, 15) is 4.79 Å². The topological polar surface area (TPSA) is 72.3 Å². The van der Waals surface area contributed by atoms with Crippen molar-refractivity contribution < 1.29 is 4.79 Å². The molecule has 1 aliphatic heterocycles. The van der Waals surface area contributed by atoms with Gasteiger partial charge in [0.1, 0.15) is 0 Å². The molecule has 0 unspecified atom stereocenters. The van der Waals surface area contributed by atoms with Crippen LogP contribution in [0.25, 0.3) is 0 Å². The number of nitrogens with zero attached hydrogens (tertiary/aromatic N) is 1. The quantitative estimate of drug-likeness (QED) is 0.813. The maximum Gasteiger partial charge on any atom is 0.250 e. The number of benzene rings is 1. The lowest BCUT2D eigenvalue weighted by Crippen LogP contribution is -2.40. The summed E-state index contributed by atoms with van der Waals surface area (Å²) in [4.78, 5) is 13.9. The number of carbonyl (C=O) groups is 1. The van der Waals surface area contributed by atoms with Crippen molar-refractivity contribution in [2.75, 3.05) is 23.7 Å². The molecule has 1 aromatic carbocycles. The lowest BCUT2D eigenvalue weighted by molar-refractivity contribution is 0.100. The third-order valence-electron chi connectivity index (χ3n) is 5.14. The fraction of sp³-hybridized carbons (Fsp3) is 0.562. The molecule has 1 saturated carbocycles. The van der Waals surface area contributed by atoms with Crippen molar-refractivity contribution in [3.05, 3.63) is 23.8 Å². The molecule has 1 amide bonds. The molecule has 108 valence electrons. The fourth-order valence-electron chi connectivity index (χ4n) is 3.94. The minimum atomic E-state index is -0.395. The van der Waals surface area contributed by atoms with Crippen molar-refractivity contribution >= 4 is 17.3 Å². The first-order valence-corrected chi connectivity index (χ1v) is 7.55. The summed E-state index contributed by atoms with van der Waals surface area (Å²) in [7, 11) is 0. The van der Waals surface area contributed by atoms with Crippen molar-refractivity contribution in [2.45, 2.75) is 38.5 Å². The minimum absolute atomic E-state index is 0.395. The second kappa shape index (κ2) is 5.00. The van der Waals surface area contributed by atoms with Crippen molar-refractivity contribution in [1.29, 1.82) is 0 Å². The van der Waals surface area contributed by atoms with Crippen LogP contribution >= 0.6 is 0 Å². The Labute approximate surface area is 120 Å². The van der Waals surface area contributed by atoms with E-state index in [2.05, 4.69) is 4.90 Å². The van der Waals surface area contributed by atoms with Crippen molar-refractivity contribution in [3.63, 3.8) is 0 Å². The maximum atomic E-state index is 11.6. The smallest absolute Gasteiger partial charge is 0.250 e. The normalized spacial score (nSPS) is 21.3. The third kappa shape index (κ3) is 2.23. The van der Waals surface area contributed by atoms with Gasteiger partial charge in [-0.2, -0.15) is 0 Å². The van der Waals surface area contributed by atoms with E-state index in [4.69, 9.17) is 11.5 Å². The van der Waals surface area contributed by atoms with E-state index in [1.165, 1.54) is 38.5 Å². The van der Waals surface area contributed by atoms with Gasteiger partial charge in [0.25, 0.3) is 5.91 Å². The fourth-order valence-corrected chi connectivity index (χ4v) is 3.94. The third-order valence-corrected chi connectivity index (χ3v) is 5.14. The molecule has 3 rings (SSSR count). The number of para-hydroxylation sites is 1. The van der Waals surface area contributed by atoms with Gasteiger partial charge in [-0.25, -0.2) is 0 Å². The SMILES string of the molecule is NC(=O)c1cccc(N)c1N1CCC2(CCCC2)CC1. The largest absolute Gasteiger partial charge is 0.397 e. The summed E-state index contributed by atoms with van der Waals surface area (Å²) in [5.74, 6) is -0.395. The summed E-state index contributed by atoms with van der Waals surface area (Å²) in [5.41, 5.74) is 14.2. The average Bonchev–Trinajstić information content (AvgIpc) is 2.88. The molecule has 2 fully saturated rings. The highest BCUT2D eigenvalue weighted by Gasteiger charge is 2.37. The molecule has 0 atom stereocenters. The first-order chi connectivity index (χ1) is 9.61. The van der Waals surface area contributed by atoms with Gasteiger partial charge in [-0.05, 0) is 43.2 Å². The van der Waals surface area contributed by atoms with E-state index >= 15 is 0 Å². The van der Waals surface area contributed by atoms with E-state index in [1.54, 1.807) is 12.1 Å². The van der Waals surface area contributed by atoms with E-state index in [0.29, 0.717) is 16.7 Å². The van der Waals surface area contributed by atoms with Crippen LogP contribution in [0.5, 0.6) is 0 Å². The zero-order chi connectivity index (χ0) is 14.2. The van der Waals surface area contributed by atoms with Gasteiger partial charge < -0.3 is 16.4 Å². The van der Waals surface area contributed by atoms with Crippen LogP contribution in [0.1, 0.15) is 48.9 Å². The zero-order valence-corrected chi connectivity index (χ0v) is 11.9. The first kappa shape index (κ1) is 13.3. The van der Waals surface area contributed by atoms with E-state index < -0.39 is 5.91 Å². The lowest BCUT2D eigenvalue weighted by atomic mass is 9.77. The van der Waals surface area contributed by atoms with Crippen molar-refractivity contribution in [1.82, 2.24) is 0 Å². The Morgan fingerprint density at radius 3 is 2.35 bits per heavy atom. The number of anilines is 2. The number of rotatable bonds is 2. The van der Waals surface area contributed by atoms with Gasteiger partial charge in [-0.15, -0.1) is 0 Å². The molecule has 0 aromatic heterocycles. The minimum Gasteiger partial charge on any atom is -0.397 e. The van der Waals surface area contributed by atoms with Crippen LogP contribution in [0.15, 0.2) is 18.2 Å². The number of amides is 1. The van der Waals surface area contributed by atoms with Gasteiger partial charge in [-0.3, -0.25) is 4.79 Å². The molecule has 4 heteroatoms. The number of hydrogen-bond donors (Lipinski definition) is 2. The Balaban J connectivity index is 1.83.